The van der Waals surface area contributed by atoms with Gasteiger partial charge >= 0.3 is 5.97 Å². The topological polar surface area (TPSA) is 84.4 Å². The predicted molar refractivity (Wildman–Crippen MR) is 110 cm³/mol. The molecule has 3 aromatic rings. The maximum absolute atomic E-state index is 12.9. The molecule has 0 atom stereocenters. The van der Waals surface area contributed by atoms with E-state index in [1.54, 1.807) is 29.2 Å². The summed E-state index contributed by atoms with van der Waals surface area (Å²) in [6.07, 6.45) is 4.97. The first-order chi connectivity index (χ1) is 14.2. The van der Waals surface area contributed by atoms with Gasteiger partial charge in [-0.3, -0.25) is 4.79 Å². The molecule has 1 aliphatic rings. The van der Waals surface area contributed by atoms with E-state index in [1.807, 2.05) is 18.2 Å². The van der Waals surface area contributed by atoms with Crippen molar-refractivity contribution < 1.29 is 14.3 Å². The number of carbonyl (C=O) groups is 2. The highest BCUT2D eigenvalue weighted by Crippen LogP contribution is 2.28. The second-order valence-corrected chi connectivity index (χ2v) is 6.68. The van der Waals surface area contributed by atoms with E-state index in [9.17, 15) is 9.59 Å². The molecule has 0 bridgehead atoms. The maximum Gasteiger partial charge on any atom is 0.337 e. The number of ether oxygens (including phenoxy) is 1. The number of esters is 1. The summed E-state index contributed by atoms with van der Waals surface area (Å²) in [7, 11) is 1.34. The van der Waals surface area contributed by atoms with Crippen LogP contribution in [0.25, 0.3) is 0 Å². The van der Waals surface area contributed by atoms with Gasteiger partial charge in [-0.05, 0) is 48.7 Å². The third kappa shape index (κ3) is 3.94. The average molecular weight is 388 g/mol. The van der Waals surface area contributed by atoms with Gasteiger partial charge in [0.25, 0.3) is 5.91 Å². The van der Waals surface area contributed by atoms with Gasteiger partial charge < -0.3 is 15.0 Å². The van der Waals surface area contributed by atoms with Gasteiger partial charge in [-0.2, -0.15) is 0 Å². The average Bonchev–Trinajstić information content (AvgIpc) is 2.78. The normalized spacial score (nSPS) is 12.8. The SMILES string of the molecule is COC(=O)c1ccc(Nc2ncc(C(=O)N3CCCc4ccccc43)cn2)cc1. The molecule has 1 aromatic heterocycles. The zero-order valence-corrected chi connectivity index (χ0v) is 16.0. The van der Waals surface area contributed by atoms with Gasteiger partial charge in [0.15, 0.2) is 0 Å². The molecule has 7 heteroatoms. The fourth-order valence-corrected chi connectivity index (χ4v) is 3.34. The predicted octanol–water partition coefficient (Wildman–Crippen LogP) is 3.60. The van der Waals surface area contributed by atoms with Crippen LogP contribution in [0.2, 0.25) is 0 Å². The highest BCUT2D eigenvalue weighted by Gasteiger charge is 2.23. The molecule has 29 heavy (non-hydrogen) atoms. The Kier molecular flexibility index (Phi) is 5.20. The largest absolute Gasteiger partial charge is 0.465 e. The molecule has 1 amide bonds. The molecule has 0 saturated carbocycles. The number of fused-ring (bicyclic) bond motifs is 1. The van der Waals surface area contributed by atoms with E-state index in [4.69, 9.17) is 0 Å². The summed E-state index contributed by atoms with van der Waals surface area (Å²) >= 11 is 0. The summed E-state index contributed by atoms with van der Waals surface area (Å²) < 4.78 is 4.68. The summed E-state index contributed by atoms with van der Waals surface area (Å²) in [5.41, 5.74) is 3.76. The van der Waals surface area contributed by atoms with Gasteiger partial charge in [0.1, 0.15) is 0 Å². The quantitative estimate of drug-likeness (QED) is 0.688. The van der Waals surface area contributed by atoms with Gasteiger partial charge in [0, 0.05) is 30.3 Å². The van der Waals surface area contributed by atoms with Gasteiger partial charge in [-0.1, -0.05) is 18.2 Å². The fourth-order valence-electron chi connectivity index (χ4n) is 3.34. The van der Waals surface area contributed by atoms with Crippen molar-refractivity contribution in [2.75, 3.05) is 23.9 Å². The Morgan fingerprint density at radius 1 is 1.00 bits per heavy atom. The van der Waals surface area contributed by atoms with E-state index in [1.165, 1.54) is 25.1 Å². The molecular formula is C22H20N4O3. The number of methoxy groups -OCH3 is 1. The second-order valence-electron chi connectivity index (χ2n) is 6.68. The third-order valence-electron chi connectivity index (χ3n) is 4.82. The van der Waals surface area contributed by atoms with E-state index in [-0.39, 0.29) is 5.91 Å². The molecule has 2 heterocycles. The fraction of sp³-hybridized carbons (Fsp3) is 0.182. The third-order valence-corrected chi connectivity index (χ3v) is 4.82. The van der Waals surface area contributed by atoms with Crippen LogP contribution in [0.1, 0.15) is 32.7 Å². The Morgan fingerprint density at radius 2 is 1.72 bits per heavy atom. The molecule has 2 aromatic carbocycles. The van der Waals surface area contributed by atoms with Gasteiger partial charge in [0.2, 0.25) is 5.95 Å². The Balaban J connectivity index is 1.47. The Morgan fingerprint density at radius 3 is 2.45 bits per heavy atom. The van der Waals surface area contributed by atoms with Crippen molar-refractivity contribution in [2.45, 2.75) is 12.8 Å². The van der Waals surface area contributed by atoms with Crippen LogP contribution in [-0.4, -0.2) is 35.5 Å². The zero-order valence-electron chi connectivity index (χ0n) is 16.0. The molecule has 1 aliphatic heterocycles. The Labute approximate surface area is 168 Å². The minimum Gasteiger partial charge on any atom is -0.465 e. The minimum atomic E-state index is -0.394. The standard InChI is InChI=1S/C22H20N4O3/c1-29-21(28)16-8-10-18(11-9-16)25-22-23-13-17(14-24-22)20(27)26-12-4-6-15-5-2-3-7-19(15)26/h2-3,5,7-11,13-14H,4,6,12H2,1H3,(H,23,24,25). The summed E-state index contributed by atoms with van der Waals surface area (Å²) in [6, 6.07) is 14.7. The van der Waals surface area contributed by atoms with Gasteiger partial charge in [-0.25, -0.2) is 14.8 Å². The number of nitrogens with zero attached hydrogens (tertiary/aromatic N) is 3. The van der Waals surface area contributed by atoms with Crippen molar-refractivity contribution in [1.29, 1.82) is 0 Å². The molecule has 0 aliphatic carbocycles. The van der Waals surface area contributed by atoms with E-state index in [0.717, 1.165) is 24.2 Å². The number of amides is 1. The first-order valence-corrected chi connectivity index (χ1v) is 9.33. The van der Waals surface area contributed by atoms with Crippen molar-refractivity contribution in [2.24, 2.45) is 0 Å². The minimum absolute atomic E-state index is 0.105. The molecule has 0 unspecified atom stereocenters. The monoisotopic (exact) mass is 388 g/mol. The van der Waals surface area contributed by atoms with Crippen LogP contribution >= 0.6 is 0 Å². The number of aromatic nitrogens is 2. The van der Waals surface area contributed by atoms with E-state index < -0.39 is 5.97 Å². The number of para-hydroxylation sites is 1. The molecule has 7 nitrogen and oxygen atoms in total. The van der Waals surface area contributed by atoms with Gasteiger partial charge in [0.05, 0.1) is 18.2 Å². The van der Waals surface area contributed by atoms with Crippen LogP contribution < -0.4 is 10.2 Å². The number of rotatable bonds is 4. The van der Waals surface area contributed by atoms with Crippen LogP contribution in [0.15, 0.2) is 60.9 Å². The summed E-state index contributed by atoms with van der Waals surface area (Å²) in [5, 5.41) is 3.05. The van der Waals surface area contributed by atoms with Crippen molar-refractivity contribution in [3.05, 3.63) is 77.6 Å². The van der Waals surface area contributed by atoms with Crippen molar-refractivity contribution in [3.8, 4) is 0 Å². The molecular weight excluding hydrogens is 368 g/mol. The summed E-state index contributed by atoms with van der Waals surface area (Å²) in [5.74, 6) is -0.132. The lowest BCUT2D eigenvalue weighted by Gasteiger charge is -2.29. The highest BCUT2D eigenvalue weighted by atomic mass is 16.5. The van der Waals surface area contributed by atoms with E-state index in [2.05, 4.69) is 26.1 Å². The number of aryl methyl sites for hydroxylation is 1. The Bertz CT molecular complexity index is 1030. The van der Waals surface area contributed by atoms with E-state index >= 15 is 0 Å². The summed E-state index contributed by atoms with van der Waals surface area (Å²) in [4.78, 5) is 34.7. The number of hydrogen-bond donors (Lipinski definition) is 1. The lowest BCUT2D eigenvalue weighted by atomic mass is 10.0. The zero-order chi connectivity index (χ0) is 20.2. The number of nitrogens with one attached hydrogen (secondary N) is 1. The summed E-state index contributed by atoms with van der Waals surface area (Å²) in [6.45, 7) is 0.683. The van der Waals surface area contributed by atoms with Crippen molar-refractivity contribution in [1.82, 2.24) is 9.97 Å². The molecule has 0 fully saturated rings. The smallest absolute Gasteiger partial charge is 0.337 e. The highest BCUT2D eigenvalue weighted by molar-refractivity contribution is 6.06. The maximum atomic E-state index is 12.9. The molecule has 0 spiro atoms. The van der Waals surface area contributed by atoms with E-state index in [0.29, 0.717) is 23.6 Å². The first-order valence-electron chi connectivity index (χ1n) is 9.33. The van der Waals surface area contributed by atoms with Crippen LogP contribution in [0.4, 0.5) is 17.3 Å². The van der Waals surface area contributed by atoms with Crippen LogP contribution in [0.3, 0.4) is 0 Å². The van der Waals surface area contributed by atoms with Crippen molar-refractivity contribution >= 4 is 29.2 Å². The molecule has 0 radical (unpaired) electrons. The lowest BCUT2D eigenvalue weighted by Crippen LogP contribution is -2.35. The van der Waals surface area contributed by atoms with Gasteiger partial charge in [-0.15, -0.1) is 0 Å². The molecule has 0 saturated heterocycles. The molecule has 4 rings (SSSR count). The number of hydrogen-bond acceptors (Lipinski definition) is 6. The first kappa shape index (κ1) is 18.6. The number of benzene rings is 2. The van der Waals surface area contributed by atoms with Crippen molar-refractivity contribution in [3.63, 3.8) is 0 Å². The van der Waals surface area contributed by atoms with Crippen LogP contribution in [-0.2, 0) is 11.2 Å². The number of anilines is 3. The lowest BCUT2D eigenvalue weighted by molar-refractivity contribution is 0.0600. The van der Waals surface area contributed by atoms with Crippen LogP contribution in [0, 0.1) is 0 Å². The molecule has 146 valence electrons. The number of carbonyl (C=O) groups excluding carboxylic acids is 2. The van der Waals surface area contributed by atoms with Crippen LogP contribution in [0.5, 0.6) is 0 Å². The molecule has 1 N–H and O–H groups in total. The second kappa shape index (κ2) is 8.10. The Hall–Kier alpha value is -3.74.